The number of hydrogen-bond donors (Lipinski definition) is 1. The highest BCUT2D eigenvalue weighted by Gasteiger charge is 2.33. The molecule has 8 heteroatoms. The van der Waals surface area contributed by atoms with Gasteiger partial charge in [-0.05, 0) is 50.2 Å². The molecule has 3 aliphatic rings. The van der Waals surface area contributed by atoms with E-state index in [1.165, 1.54) is 18.5 Å². The Bertz CT molecular complexity index is 1060. The standard InChI is InChI=1S/C22H27N7O/c30-19(15-5-6-15)7-10-27-14-26-20-21(27)24-13-25-22(20)28-11-16-3-2-9-29(16)18-4-1-8-23-17(18)12-28/h1,4,8,13-16,19,30H,2-3,5-7,9-12H2/t16-,19?/m0/s1. The lowest BCUT2D eigenvalue weighted by Crippen LogP contribution is -2.37. The van der Waals surface area contributed by atoms with E-state index >= 15 is 0 Å². The fourth-order valence-corrected chi connectivity index (χ4v) is 5.07. The van der Waals surface area contributed by atoms with E-state index < -0.39 is 0 Å². The van der Waals surface area contributed by atoms with E-state index in [4.69, 9.17) is 4.98 Å². The van der Waals surface area contributed by atoms with Crippen molar-refractivity contribution in [2.24, 2.45) is 5.92 Å². The Hall–Kier alpha value is -2.74. The molecule has 1 saturated heterocycles. The number of anilines is 2. The van der Waals surface area contributed by atoms with Gasteiger partial charge in [-0.2, -0.15) is 0 Å². The summed E-state index contributed by atoms with van der Waals surface area (Å²) in [6.45, 7) is 3.46. The molecule has 8 nitrogen and oxygen atoms in total. The topological polar surface area (TPSA) is 83.2 Å². The maximum absolute atomic E-state index is 10.2. The molecule has 0 radical (unpaired) electrons. The smallest absolute Gasteiger partial charge is 0.165 e. The van der Waals surface area contributed by atoms with Gasteiger partial charge in [0.1, 0.15) is 6.33 Å². The second-order valence-corrected chi connectivity index (χ2v) is 8.84. The van der Waals surface area contributed by atoms with E-state index in [-0.39, 0.29) is 6.10 Å². The van der Waals surface area contributed by atoms with Crippen molar-refractivity contribution in [1.29, 1.82) is 0 Å². The van der Waals surface area contributed by atoms with Crippen molar-refractivity contribution in [1.82, 2.24) is 24.5 Å². The Kier molecular flexibility index (Phi) is 4.33. The van der Waals surface area contributed by atoms with Gasteiger partial charge in [-0.1, -0.05) is 0 Å². The van der Waals surface area contributed by atoms with Gasteiger partial charge in [-0.15, -0.1) is 0 Å². The summed E-state index contributed by atoms with van der Waals surface area (Å²) >= 11 is 0. The van der Waals surface area contributed by atoms with E-state index in [0.29, 0.717) is 12.0 Å². The van der Waals surface area contributed by atoms with Crippen molar-refractivity contribution in [2.45, 2.75) is 57.3 Å². The average Bonchev–Trinajstić information content (AvgIpc) is 3.43. The third-order valence-corrected chi connectivity index (χ3v) is 6.84. The molecular formula is C22H27N7O. The molecule has 6 rings (SSSR count). The number of hydrogen-bond acceptors (Lipinski definition) is 7. The van der Waals surface area contributed by atoms with E-state index in [0.717, 1.165) is 68.1 Å². The number of aryl methyl sites for hydroxylation is 1. The molecule has 5 heterocycles. The van der Waals surface area contributed by atoms with Crippen LogP contribution in [0.25, 0.3) is 11.2 Å². The molecule has 3 aromatic heterocycles. The minimum Gasteiger partial charge on any atom is -0.393 e. The quantitative estimate of drug-likeness (QED) is 0.698. The van der Waals surface area contributed by atoms with Gasteiger partial charge >= 0.3 is 0 Å². The maximum Gasteiger partial charge on any atom is 0.165 e. The molecule has 1 unspecified atom stereocenters. The number of aliphatic hydroxyl groups excluding tert-OH is 1. The number of rotatable bonds is 5. The average molecular weight is 406 g/mol. The van der Waals surface area contributed by atoms with Gasteiger partial charge in [0, 0.05) is 31.9 Å². The zero-order valence-electron chi connectivity index (χ0n) is 17.1. The van der Waals surface area contributed by atoms with Gasteiger partial charge in [0.05, 0.1) is 30.4 Å². The first kappa shape index (κ1) is 18.1. The molecule has 1 saturated carbocycles. The van der Waals surface area contributed by atoms with Crippen LogP contribution in [0.4, 0.5) is 11.5 Å². The Morgan fingerprint density at radius 1 is 1.13 bits per heavy atom. The third-order valence-electron chi connectivity index (χ3n) is 6.84. The molecule has 2 aliphatic heterocycles. The van der Waals surface area contributed by atoms with Gasteiger partial charge in [0.2, 0.25) is 0 Å². The molecule has 2 fully saturated rings. The van der Waals surface area contributed by atoms with Crippen LogP contribution in [0.1, 0.15) is 37.8 Å². The summed E-state index contributed by atoms with van der Waals surface area (Å²) in [4.78, 5) is 23.4. The zero-order chi connectivity index (χ0) is 20.1. The molecule has 0 aromatic carbocycles. The minimum atomic E-state index is -0.217. The predicted molar refractivity (Wildman–Crippen MR) is 114 cm³/mol. The van der Waals surface area contributed by atoms with Gasteiger partial charge in [-0.3, -0.25) is 4.98 Å². The number of pyridine rings is 1. The van der Waals surface area contributed by atoms with Crippen LogP contribution < -0.4 is 9.80 Å². The number of aromatic nitrogens is 5. The summed E-state index contributed by atoms with van der Waals surface area (Å²) in [5, 5.41) is 10.2. The highest BCUT2D eigenvalue weighted by atomic mass is 16.3. The monoisotopic (exact) mass is 405 g/mol. The Morgan fingerprint density at radius 3 is 2.97 bits per heavy atom. The largest absolute Gasteiger partial charge is 0.393 e. The van der Waals surface area contributed by atoms with Crippen LogP contribution in [-0.2, 0) is 13.1 Å². The summed E-state index contributed by atoms with van der Waals surface area (Å²) in [6.07, 6.45) is 10.6. The van der Waals surface area contributed by atoms with Gasteiger partial charge in [-0.25, -0.2) is 15.0 Å². The highest BCUT2D eigenvalue weighted by Crippen LogP contribution is 2.36. The van der Waals surface area contributed by atoms with Crippen LogP contribution in [0.2, 0.25) is 0 Å². The van der Waals surface area contributed by atoms with Crippen molar-refractivity contribution in [3.8, 4) is 0 Å². The second kappa shape index (κ2) is 7.19. The molecule has 156 valence electrons. The number of nitrogens with zero attached hydrogens (tertiary/aromatic N) is 7. The first-order valence-electron chi connectivity index (χ1n) is 11.1. The second-order valence-electron chi connectivity index (χ2n) is 8.84. The fraction of sp³-hybridized carbons (Fsp3) is 0.545. The summed E-state index contributed by atoms with van der Waals surface area (Å²) in [5.74, 6) is 1.37. The lowest BCUT2D eigenvalue weighted by Gasteiger charge is -2.27. The first-order valence-corrected chi connectivity index (χ1v) is 11.1. The molecule has 2 atom stereocenters. The van der Waals surface area contributed by atoms with Crippen molar-refractivity contribution in [3.05, 3.63) is 36.7 Å². The van der Waals surface area contributed by atoms with Crippen molar-refractivity contribution in [3.63, 3.8) is 0 Å². The molecule has 0 amide bonds. The number of imidazole rings is 1. The molecule has 1 N–H and O–H groups in total. The van der Waals surface area contributed by atoms with Gasteiger partial charge < -0.3 is 19.5 Å². The summed E-state index contributed by atoms with van der Waals surface area (Å²) in [7, 11) is 0. The van der Waals surface area contributed by atoms with Crippen LogP contribution in [-0.4, -0.2) is 54.8 Å². The third kappa shape index (κ3) is 3.10. The summed E-state index contributed by atoms with van der Waals surface area (Å²) in [6, 6.07) is 4.70. The Labute approximate surface area is 175 Å². The normalized spacial score (nSPS) is 22.1. The zero-order valence-corrected chi connectivity index (χ0v) is 17.1. The Morgan fingerprint density at radius 2 is 2.07 bits per heavy atom. The van der Waals surface area contributed by atoms with E-state index in [1.807, 2.05) is 18.6 Å². The number of fused-ring (bicyclic) bond motifs is 4. The summed E-state index contributed by atoms with van der Waals surface area (Å²) in [5.41, 5.74) is 4.03. The highest BCUT2D eigenvalue weighted by molar-refractivity contribution is 5.83. The summed E-state index contributed by atoms with van der Waals surface area (Å²) < 4.78 is 2.05. The van der Waals surface area contributed by atoms with Gasteiger partial charge in [0.15, 0.2) is 17.0 Å². The van der Waals surface area contributed by atoms with E-state index in [2.05, 4.69) is 35.4 Å². The van der Waals surface area contributed by atoms with Crippen molar-refractivity contribution < 1.29 is 5.11 Å². The van der Waals surface area contributed by atoms with Gasteiger partial charge in [0.25, 0.3) is 0 Å². The molecule has 0 bridgehead atoms. The minimum absolute atomic E-state index is 0.217. The van der Waals surface area contributed by atoms with Crippen LogP contribution in [0.5, 0.6) is 0 Å². The number of aliphatic hydroxyl groups is 1. The van der Waals surface area contributed by atoms with Crippen LogP contribution in [0.3, 0.4) is 0 Å². The molecule has 1 aliphatic carbocycles. The van der Waals surface area contributed by atoms with Crippen LogP contribution >= 0.6 is 0 Å². The lowest BCUT2D eigenvalue weighted by molar-refractivity contribution is 0.136. The molecular weight excluding hydrogens is 378 g/mol. The molecule has 0 spiro atoms. The van der Waals surface area contributed by atoms with Crippen LogP contribution in [0, 0.1) is 5.92 Å². The first-order chi connectivity index (χ1) is 14.8. The SMILES string of the molecule is OC(CCn1cnc2c(N3Cc4ncccc4N4CCC[C@H]4C3)ncnc21)C1CC1. The molecule has 3 aromatic rings. The predicted octanol–water partition coefficient (Wildman–Crippen LogP) is 2.37. The molecule has 30 heavy (non-hydrogen) atoms. The van der Waals surface area contributed by atoms with Crippen molar-refractivity contribution in [2.75, 3.05) is 22.9 Å². The van der Waals surface area contributed by atoms with Crippen LogP contribution in [0.15, 0.2) is 31.0 Å². The van der Waals surface area contributed by atoms with Crippen molar-refractivity contribution >= 4 is 22.7 Å². The lowest BCUT2D eigenvalue weighted by atomic mass is 10.1. The maximum atomic E-state index is 10.2. The Balaban J connectivity index is 1.32. The van der Waals surface area contributed by atoms with E-state index in [1.54, 1.807) is 6.33 Å². The fourth-order valence-electron chi connectivity index (χ4n) is 5.07. The van der Waals surface area contributed by atoms with E-state index in [9.17, 15) is 5.11 Å².